The van der Waals surface area contributed by atoms with Gasteiger partial charge in [-0.15, -0.1) is 0 Å². The summed E-state index contributed by atoms with van der Waals surface area (Å²) >= 11 is 0. The zero-order chi connectivity index (χ0) is 15.1. The second-order valence-electron chi connectivity index (χ2n) is 4.85. The molecule has 0 unspecified atom stereocenters. The third kappa shape index (κ3) is 4.49. The summed E-state index contributed by atoms with van der Waals surface area (Å²) in [5.74, 6) is 0. The van der Waals surface area contributed by atoms with Gasteiger partial charge in [-0.3, -0.25) is 4.99 Å². The van der Waals surface area contributed by atoms with Gasteiger partial charge in [0, 0.05) is 0 Å². The van der Waals surface area contributed by atoms with Gasteiger partial charge in [-0.2, -0.15) is 10.2 Å². The highest BCUT2D eigenvalue weighted by molar-refractivity contribution is 5.51. The lowest BCUT2D eigenvalue weighted by Crippen LogP contribution is -1.85. The quantitative estimate of drug-likeness (QED) is 0.368. The summed E-state index contributed by atoms with van der Waals surface area (Å²) in [4.78, 5) is 3.84. The standard InChI is InChI=1S/C18H19N3/c1-4-14(2)13-15-5-7-17(8-6-15)20-21-18-11-9-16(19-3)10-12-18/h4-12H,3,13H2,1-2H3/b14-4+,21-20+. The lowest BCUT2D eigenvalue weighted by molar-refractivity contribution is 1.13. The normalized spacial score (nSPS) is 11.8. The molecule has 2 aromatic carbocycles. The Morgan fingerprint density at radius 3 is 1.86 bits per heavy atom. The highest BCUT2D eigenvalue weighted by atomic mass is 15.1. The first-order valence-corrected chi connectivity index (χ1v) is 6.90. The first kappa shape index (κ1) is 14.9. The van der Waals surface area contributed by atoms with E-state index in [1.165, 1.54) is 11.1 Å². The molecule has 0 aromatic heterocycles. The molecular weight excluding hydrogens is 258 g/mol. The number of rotatable bonds is 5. The average molecular weight is 277 g/mol. The Labute approximate surface area is 125 Å². The molecule has 0 N–H and O–H groups in total. The van der Waals surface area contributed by atoms with Crippen molar-refractivity contribution in [2.24, 2.45) is 15.2 Å². The molecule has 21 heavy (non-hydrogen) atoms. The van der Waals surface area contributed by atoms with Crippen LogP contribution >= 0.6 is 0 Å². The Morgan fingerprint density at radius 2 is 1.38 bits per heavy atom. The molecule has 0 atom stereocenters. The van der Waals surface area contributed by atoms with Crippen LogP contribution in [0.1, 0.15) is 19.4 Å². The highest BCUT2D eigenvalue weighted by Gasteiger charge is 1.96. The van der Waals surface area contributed by atoms with Crippen LogP contribution in [0, 0.1) is 0 Å². The fourth-order valence-corrected chi connectivity index (χ4v) is 1.84. The summed E-state index contributed by atoms with van der Waals surface area (Å²) in [5, 5.41) is 8.45. The van der Waals surface area contributed by atoms with E-state index in [0.717, 1.165) is 23.5 Å². The van der Waals surface area contributed by atoms with Crippen LogP contribution in [0.15, 0.2) is 75.4 Å². The number of hydrogen-bond donors (Lipinski definition) is 0. The summed E-state index contributed by atoms with van der Waals surface area (Å²) in [6.45, 7) is 7.68. The van der Waals surface area contributed by atoms with Crippen molar-refractivity contribution in [2.75, 3.05) is 0 Å². The van der Waals surface area contributed by atoms with Crippen molar-refractivity contribution in [1.82, 2.24) is 0 Å². The number of hydrogen-bond acceptors (Lipinski definition) is 3. The Bertz CT molecular complexity index is 650. The van der Waals surface area contributed by atoms with Gasteiger partial charge in [-0.25, -0.2) is 0 Å². The van der Waals surface area contributed by atoms with Gasteiger partial charge >= 0.3 is 0 Å². The molecule has 0 heterocycles. The summed E-state index contributed by atoms with van der Waals surface area (Å²) in [6, 6.07) is 15.6. The van der Waals surface area contributed by atoms with Crippen LogP contribution in [0.2, 0.25) is 0 Å². The summed E-state index contributed by atoms with van der Waals surface area (Å²) in [6.07, 6.45) is 3.11. The molecule has 0 fully saturated rings. The number of azo groups is 1. The third-order valence-corrected chi connectivity index (χ3v) is 3.23. The molecule has 0 spiro atoms. The van der Waals surface area contributed by atoms with Gasteiger partial charge in [-0.05, 0) is 68.9 Å². The van der Waals surface area contributed by atoms with Crippen molar-refractivity contribution in [3.05, 3.63) is 65.7 Å². The Balaban J connectivity index is 2.05. The minimum atomic E-state index is 0.802. The van der Waals surface area contributed by atoms with E-state index in [4.69, 9.17) is 0 Å². The lowest BCUT2D eigenvalue weighted by atomic mass is 10.1. The van der Waals surface area contributed by atoms with E-state index in [1.807, 2.05) is 36.4 Å². The van der Waals surface area contributed by atoms with E-state index in [0.29, 0.717) is 0 Å². The first-order valence-electron chi connectivity index (χ1n) is 6.90. The number of allylic oxidation sites excluding steroid dienone is 2. The van der Waals surface area contributed by atoms with Crippen molar-refractivity contribution in [3.63, 3.8) is 0 Å². The Hall–Kier alpha value is -2.55. The molecule has 2 rings (SSSR count). The van der Waals surface area contributed by atoms with Gasteiger partial charge in [0.25, 0.3) is 0 Å². The van der Waals surface area contributed by atoms with E-state index in [1.54, 1.807) is 0 Å². The molecule has 0 bridgehead atoms. The van der Waals surface area contributed by atoms with Crippen molar-refractivity contribution >= 4 is 23.8 Å². The zero-order valence-corrected chi connectivity index (χ0v) is 12.5. The molecular formula is C18H19N3. The third-order valence-electron chi connectivity index (χ3n) is 3.23. The topological polar surface area (TPSA) is 37.1 Å². The first-order chi connectivity index (χ1) is 10.2. The van der Waals surface area contributed by atoms with E-state index in [2.05, 4.69) is 54.0 Å². The number of nitrogens with zero attached hydrogens (tertiary/aromatic N) is 3. The molecule has 0 aliphatic heterocycles. The average Bonchev–Trinajstić information content (AvgIpc) is 2.54. The molecule has 0 saturated carbocycles. The molecule has 0 amide bonds. The molecule has 2 aromatic rings. The van der Waals surface area contributed by atoms with E-state index in [9.17, 15) is 0 Å². The van der Waals surface area contributed by atoms with Crippen LogP contribution in [-0.4, -0.2) is 6.72 Å². The van der Waals surface area contributed by atoms with Crippen molar-refractivity contribution in [2.45, 2.75) is 20.3 Å². The van der Waals surface area contributed by atoms with Crippen molar-refractivity contribution < 1.29 is 0 Å². The summed E-state index contributed by atoms with van der Waals surface area (Å²) in [5.41, 5.74) is 5.13. The van der Waals surface area contributed by atoms with Crippen LogP contribution in [0.5, 0.6) is 0 Å². The molecule has 3 heteroatoms. The molecule has 0 saturated heterocycles. The smallest absolute Gasteiger partial charge is 0.0858 e. The summed E-state index contributed by atoms with van der Waals surface area (Å²) < 4.78 is 0. The highest BCUT2D eigenvalue weighted by Crippen LogP contribution is 2.21. The summed E-state index contributed by atoms with van der Waals surface area (Å²) in [7, 11) is 0. The number of benzene rings is 2. The monoisotopic (exact) mass is 277 g/mol. The van der Waals surface area contributed by atoms with Crippen LogP contribution in [-0.2, 0) is 6.42 Å². The fourth-order valence-electron chi connectivity index (χ4n) is 1.84. The molecule has 0 radical (unpaired) electrons. The fraction of sp³-hybridized carbons (Fsp3) is 0.167. The van der Waals surface area contributed by atoms with Crippen molar-refractivity contribution in [1.29, 1.82) is 0 Å². The van der Waals surface area contributed by atoms with Crippen LogP contribution < -0.4 is 0 Å². The second-order valence-corrected chi connectivity index (χ2v) is 4.85. The predicted molar refractivity (Wildman–Crippen MR) is 89.4 cm³/mol. The van der Waals surface area contributed by atoms with Crippen LogP contribution in [0.25, 0.3) is 0 Å². The SMILES string of the molecule is C=Nc1ccc(/N=N/c2ccc(C/C(C)=C/C)cc2)cc1. The van der Waals surface area contributed by atoms with Crippen LogP contribution in [0.3, 0.4) is 0 Å². The minimum absolute atomic E-state index is 0.802. The maximum Gasteiger partial charge on any atom is 0.0858 e. The van der Waals surface area contributed by atoms with Crippen molar-refractivity contribution in [3.8, 4) is 0 Å². The Kier molecular flexibility index (Phi) is 5.16. The predicted octanol–water partition coefficient (Wildman–Crippen LogP) is 5.94. The molecule has 106 valence electrons. The van der Waals surface area contributed by atoms with Gasteiger partial charge in [0.2, 0.25) is 0 Å². The second kappa shape index (κ2) is 7.29. The van der Waals surface area contributed by atoms with Gasteiger partial charge in [0.1, 0.15) is 0 Å². The van der Waals surface area contributed by atoms with Gasteiger partial charge < -0.3 is 0 Å². The van der Waals surface area contributed by atoms with E-state index < -0.39 is 0 Å². The number of aliphatic imine (C=N–C) groups is 1. The maximum absolute atomic E-state index is 4.24. The molecule has 0 aliphatic carbocycles. The van der Waals surface area contributed by atoms with Gasteiger partial charge in [0.05, 0.1) is 17.1 Å². The maximum atomic E-state index is 4.24. The van der Waals surface area contributed by atoms with E-state index in [-0.39, 0.29) is 0 Å². The van der Waals surface area contributed by atoms with Crippen LogP contribution in [0.4, 0.5) is 17.1 Å². The van der Waals surface area contributed by atoms with Gasteiger partial charge in [0.15, 0.2) is 0 Å². The molecule has 3 nitrogen and oxygen atoms in total. The van der Waals surface area contributed by atoms with E-state index >= 15 is 0 Å². The molecule has 0 aliphatic rings. The zero-order valence-electron chi connectivity index (χ0n) is 12.5. The largest absolute Gasteiger partial charge is 0.265 e. The minimum Gasteiger partial charge on any atom is -0.265 e. The lowest BCUT2D eigenvalue weighted by Gasteiger charge is -2.01. The van der Waals surface area contributed by atoms with Gasteiger partial charge in [-0.1, -0.05) is 23.8 Å². The Morgan fingerprint density at radius 1 is 0.905 bits per heavy atom.